The van der Waals surface area contributed by atoms with Gasteiger partial charge in [0.25, 0.3) is 5.91 Å². The van der Waals surface area contributed by atoms with Gasteiger partial charge in [-0.1, -0.05) is 18.2 Å². The molecule has 2 aliphatic carbocycles. The van der Waals surface area contributed by atoms with Crippen molar-refractivity contribution in [2.75, 3.05) is 0 Å². The SMILES string of the molecule is O=C1CCC(N2Cc3ccc(CNC(c4ccc(F)c5c4CCC5)c4nnnn4C4CCC(F)(F)CC4)cc3C2=O)C(=O)N1. The molecule has 2 fully saturated rings. The number of fused-ring (bicyclic) bond motifs is 2. The molecule has 10 nitrogen and oxygen atoms in total. The molecule has 0 spiro atoms. The lowest BCUT2D eigenvalue weighted by Gasteiger charge is -2.30. The van der Waals surface area contributed by atoms with Crippen LogP contribution in [0.5, 0.6) is 0 Å². The molecule has 2 unspecified atom stereocenters. The Morgan fingerprint density at radius 2 is 1.82 bits per heavy atom. The normalized spacial score (nSPS) is 22.2. The van der Waals surface area contributed by atoms with Crippen LogP contribution >= 0.6 is 0 Å². The molecule has 7 rings (SSSR count). The highest BCUT2D eigenvalue weighted by atomic mass is 19.3. The Hall–Kier alpha value is -4.13. The number of nitrogens with one attached hydrogen (secondary N) is 2. The van der Waals surface area contributed by atoms with E-state index in [0.29, 0.717) is 36.3 Å². The second-order valence-corrected chi connectivity index (χ2v) is 12.2. The van der Waals surface area contributed by atoms with E-state index in [2.05, 4.69) is 26.2 Å². The van der Waals surface area contributed by atoms with Crippen molar-refractivity contribution in [2.45, 2.75) is 94.9 Å². The molecule has 2 atom stereocenters. The molecule has 230 valence electrons. The maximum atomic E-state index is 14.7. The molecule has 2 aliphatic heterocycles. The molecule has 13 heteroatoms. The molecule has 0 radical (unpaired) electrons. The first-order valence-electron chi connectivity index (χ1n) is 15.1. The van der Waals surface area contributed by atoms with Crippen LogP contribution in [0.4, 0.5) is 13.2 Å². The van der Waals surface area contributed by atoms with Gasteiger partial charge in [-0.05, 0) is 88.9 Å². The number of rotatable bonds is 7. The zero-order valence-electron chi connectivity index (χ0n) is 24.0. The lowest BCUT2D eigenvalue weighted by Crippen LogP contribution is -2.52. The summed E-state index contributed by atoms with van der Waals surface area (Å²) in [5.41, 5.74) is 4.55. The summed E-state index contributed by atoms with van der Waals surface area (Å²) < 4.78 is 44.3. The van der Waals surface area contributed by atoms with Crippen LogP contribution in [-0.2, 0) is 35.5 Å². The predicted molar refractivity (Wildman–Crippen MR) is 150 cm³/mol. The quantitative estimate of drug-likeness (QED) is 0.393. The van der Waals surface area contributed by atoms with Gasteiger partial charge in [-0.3, -0.25) is 25.0 Å². The largest absolute Gasteiger partial charge is 0.322 e. The number of alkyl halides is 2. The number of hydrogen-bond acceptors (Lipinski definition) is 7. The van der Waals surface area contributed by atoms with Crippen LogP contribution in [0.15, 0.2) is 30.3 Å². The Kier molecular flexibility index (Phi) is 7.22. The zero-order valence-corrected chi connectivity index (χ0v) is 24.0. The van der Waals surface area contributed by atoms with Gasteiger partial charge in [-0.2, -0.15) is 0 Å². The van der Waals surface area contributed by atoms with Gasteiger partial charge in [-0.25, -0.2) is 17.9 Å². The summed E-state index contributed by atoms with van der Waals surface area (Å²) in [4.78, 5) is 38.9. The minimum absolute atomic E-state index is 0.183. The number of benzene rings is 2. The van der Waals surface area contributed by atoms with Crippen LogP contribution in [0.25, 0.3) is 0 Å². The van der Waals surface area contributed by atoms with E-state index in [4.69, 9.17) is 0 Å². The third kappa shape index (κ3) is 5.16. The van der Waals surface area contributed by atoms with Crippen LogP contribution < -0.4 is 10.6 Å². The van der Waals surface area contributed by atoms with E-state index in [1.165, 1.54) is 11.0 Å². The smallest absolute Gasteiger partial charge is 0.255 e. The molecule has 44 heavy (non-hydrogen) atoms. The fourth-order valence-corrected chi connectivity index (χ4v) is 7.15. The summed E-state index contributed by atoms with van der Waals surface area (Å²) in [6, 6.07) is 7.25. The van der Waals surface area contributed by atoms with Crippen LogP contribution in [0.3, 0.4) is 0 Å². The summed E-state index contributed by atoms with van der Waals surface area (Å²) in [7, 11) is 0. The molecular weight excluding hydrogens is 575 g/mol. The van der Waals surface area contributed by atoms with Gasteiger partial charge in [0, 0.05) is 37.9 Å². The number of carbonyl (C=O) groups excluding carboxylic acids is 3. The molecule has 1 saturated carbocycles. The summed E-state index contributed by atoms with van der Waals surface area (Å²) >= 11 is 0. The number of piperidine rings is 1. The van der Waals surface area contributed by atoms with Crippen molar-refractivity contribution in [3.8, 4) is 0 Å². The zero-order chi connectivity index (χ0) is 30.6. The summed E-state index contributed by atoms with van der Waals surface area (Å²) in [5, 5.41) is 18.3. The predicted octanol–water partition coefficient (Wildman–Crippen LogP) is 3.69. The lowest BCUT2D eigenvalue weighted by molar-refractivity contribution is -0.136. The number of imide groups is 1. The third-order valence-electron chi connectivity index (χ3n) is 9.49. The molecule has 3 heterocycles. The van der Waals surface area contributed by atoms with Gasteiger partial charge < -0.3 is 4.90 Å². The lowest BCUT2D eigenvalue weighted by atomic mass is 9.91. The van der Waals surface area contributed by atoms with Gasteiger partial charge >= 0.3 is 0 Å². The summed E-state index contributed by atoms with van der Waals surface area (Å²) in [6.45, 7) is 0.596. The summed E-state index contributed by atoms with van der Waals surface area (Å²) in [5.74, 6) is -3.52. The van der Waals surface area contributed by atoms with Crippen molar-refractivity contribution >= 4 is 17.7 Å². The van der Waals surface area contributed by atoms with Crippen molar-refractivity contribution in [3.05, 3.63) is 75.4 Å². The third-order valence-corrected chi connectivity index (χ3v) is 9.49. The first-order valence-corrected chi connectivity index (χ1v) is 15.1. The highest BCUT2D eigenvalue weighted by Gasteiger charge is 2.40. The number of nitrogens with zero attached hydrogens (tertiary/aromatic N) is 5. The molecule has 4 aliphatic rings. The standard InChI is InChI=1S/C31H32F3N7O3/c32-24-7-6-22(20-2-1-3-21(20)24)27(28-37-38-39-41(28)19-10-12-31(33,34)13-11-19)35-15-17-4-5-18-16-40(30(44)23(18)14-17)25-8-9-26(42)36-29(25)43/h4-7,14,19,25,27,35H,1-3,8-13,15-16H2,(H,36,42,43). The number of halogens is 3. The van der Waals surface area contributed by atoms with Gasteiger partial charge in [0.1, 0.15) is 11.9 Å². The average Bonchev–Trinajstić information content (AvgIpc) is 3.75. The van der Waals surface area contributed by atoms with Gasteiger partial charge in [-0.15, -0.1) is 5.10 Å². The fourth-order valence-electron chi connectivity index (χ4n) is 7.15. The Balaban J connectivity index is 1.16. The van der Waals surface area contributed by atoms with Crippen LogP contribution in [-0.4, -0.2) is 54.8 Å². The van der Waals surface area contributed by atoms with Gasteiger partial charge in [0.15, 0.2) is 5.82 Å². The molecule has 3 aromatic rings. The number of aromatic nitrogens is 4. The maximum Gasteiger partial charge on any atom is 0.255 e. The Morgan fingerprint density at radius 3 is 2.61 bits per heavy atom. The number of hydrogen-bond donors (Lipinski definition) is 2. The van der Waals surface area contributed by atoms with E-state index < -0.39 is 23.9 Å². The number of amides is 3. The van der Waals surface area contributed by atoms with E-state index in [1.807, 2.05) is 12.1 Å². The highest BCUT2D eigenvalue weighted by Crippen LogP contribution is 2.40. The topological polar surface area (TPSA) is 122 Å². The second kappa shape index (κ2) is 11.1. The van der Waals surface area contributed by atoms with Gasteiger partial charge in [0.05, 0.1) is 12.1 Å². The molecule has 2 aromatic carbocycles. The molecule has 2 N–H and O–H groups in total. The van der Waals surface area contributed by atoms with Crippen molar-refractivity contribution in [1.29, 1.82) is 0 Å². The van der Waals surface area contributed by atoms with Gasteiger partial charge in [0.2, 0.25) is 17.7 Å². The van der Waals surface area contributed by atoms with E-state index >= 15 is 0 Å². The molecular formula is C31H32F3N7O3. The summed E-state index contributed by atoms with van der Waals surface area (Å²) in [6.07, 6.45) is 2.67. The molecule has 0 bridgehead atoms. The molecule has 1 saturated heterocycles. The second-order valence-electron chi connectivity index (χ2n) is 12.2. The monoisotopic (exact) mass is 607 g/mol. The van der Waals surface area contributed by atoms with Crippen molar-refractivity contribution in [2.24, 2.45) is 0 Å². The van der Waals surface area contributed by atoms with Crippen molar-refractivity contribution in [3.63, 3.8) is 0 Å². The minimum atomic E-state index is -2.70. The Bertz CT molecular complexity index is 1650. The first-order chi connectivity index (χ1) is 21.2. The van der Waals surface area contributed by atoms with Crippen LogP contribution in [0.1, 0.15) is 101 Å². The van der Waals surface area contributed by atoms with Crippen molar-refractivity contribution in [1.82, 2.24) is 35.7 Å². The van der Waals surface area contributed by atoms with E-state index in [-0.39, 0.29) is 68.7 Å². The van der Waals surface area contributed by atoms with Crippen LogP contribution in [0, 0.1) is 5.82 Å². The Labute approximate surface area is 251 Å². The van der Waals surface area contributed by atoms with E-state index in [9.17, 15) is 27.6 Å². The van der Waals surface area contributed by atoms with Crippen molar-refractivity contribution < 1.29 is 27.6 Å². The van der Waals surface area contributed by atoms with Crippen LogP contribution in [0.2, 0.25) is 0 Å². The van der Waals surface area contributed by atoms with E-state index in [1.54, 1.807) is 16.8 Å². The number of tetrazole rings is 1. The number of carbonyl (C=O) groups is 3. The minimum Gasteiger partial charge on any atom is -0.322 e. The maximum absolute atomic E-state index is 14.7. The highest BCUT2D eigenvalue weighted by molar-refractivity contribution is 6.05. The molecule has 1 aromatic heterocycles. The first kappa shape index (κ1) is 28.6. The average molecular weight is 608 g/mol. The fraction of sp³-hybridized carbons (Fsp3) is 0.484. The van der Waals surface area contributed by atoms with E-state index in [0.717, 1.165) is 28.7 Å². The molecule has 3 amide bonds. The Morgan fingerprint density at radius 1 is 1.02 bits per heavy atom.